The van der Waals surface area contributed by atoms with Crippen molar-refractivity contribution in [3.63, 3.8) is 0 Å². The predicted octanol–water partition coefficient (Wildman–Crippen LogP) is 2.94. The molecule has 0 spiro atoms. The van der Waals surface area contributed by atoms with Crippen LogP contribution in [0.1, 0.15) is 43.1 Å². The topological polar surface area (TPSA) is 61.5 Å². The van der Waals surface area contributed by atoms with Gasteiger partial charge in [0.25, 0.3) is 5.78 Å². The van der Waals surface area contributed by atoms with Crippen LogP contribution in [0.4, 0.5) is 0 Å². The van der Waals surface area contributed by atoms with Crippen LogP contribution in [0, 0.1) is 13.8 Å². The normalized spacial score (nSPS) is 18.7. The summed E-state index contributed by atoms with van der Waals surface area (Å²) >= 11 is 1.63. The lowest BCUT2D eigenvalue weighted by Crippen LogP contribution is -2.25. The van der Waals surface area contributed by atoms with E-state index in [4.69, 9.17) is 9.47 Å². The smallest absolute Gasteiger partial charge is 0.253 e. The van der Waals surface area contributed by atoms with Crippen molar-refractivity contribution >= 4 is 17.5 Å². The highest BCUT2D eigenvalue weighted by atomic mass is 32.2. The van der Waals surface area contributed by atoms with Crippen molar-refractivity contribution in [2.24, 2.45) is 0 Å². The fraction of sp³-hybridized carbons (Fsp3) is 0.688. The maximum Gasteiger partial charge on any atom is 0.253 e. The first-order valence-electron chi connectivity index (χ1n) is 8.24. The van der Waals surface area contributed by atoms with Gasteiger partial charge in [0.15, 0.2) is 0 Å². The second kappa shape index (κ2) is 7.59. The van der Waals surface area contributed by atoms with Gasteiger partial charge in [0.2, 0.25) is 5.16 Å². The Morgan fingerprint density at radius 2 is 2.17 bits per heavy atom. The van der Waals surface area contributed by atoms with Gasteiger partial charge < -0.3 is 9.47 Å². The molecule has 1 aliphatic rings. The minimum atomic E-state index is 0.219. The number of fused-ring (bicyclic) bond motifs is 1. The molecule has 23 heavy (non-hydrogen) atoms. The second-order valence-electron chi connectivity index (χ2n) is 5.89. The molecule has 1 fully saturated rings. The molecule has 0 radical (unpaired) electrons. The zero-order valence-electron chi connectivity index (χ0n) is 14.0. The van der Waals surface area contributed by atoms with Crippen LogP contribution in [-0.2, 0) is 15.9 Å². The molecule has 0 aromatic carbocycles. The molecule has 0 aliphatic carbocycles. The zero-order valence-corrected chi connectivity index (χ0v) is 14.9. The van der Waals surface area contributed by atoms with Gasteiger partial charge in [0.1, 0.15) is 6.79 Å². The Morgan fingerprint density at radius 3 is 2.91 bits per heavy atom. The lowest BCUT2D eigenvalue weighted by molar-refractivity contribution is -0.130. The minimum absolute atomic E-state index is 0.219. The number of hydrogen-bond acceptors (Lipinski definition) is 6. The second-order valence-corrected chi connectivity index (χ2v) is 6.87. The highest BCUT2D eigenvalue weighted by Gasteiger charge is 2.17. The van der Waals surface area contributed by atoms with E-state index in [1.807, 2.05) is 4.52 Å². The van der Waals surface area contributed by atoms with Crippen LogP contribution < -0.4 is 0 Å². The van der Waals surface area contributed by atoms with Gasteiger partial charge in [-0.3, -0.25) is 0 Å². The fourth-order valence-corrected chi connectivity index (χ4v) is 3.65. The van der Waals surface area contributed by atoms with Crippen molar-refractivity contribution in [3.8, 4) is 0 Å². The average Bonchev–Trinajstić information content (AvgIpc) is 2.97. The molecule has 6 nitrogen and oxygen atoms in total. The van der Waals surface area contributed by atoms with E-state index in [0.29, 0.717) is 12.6 Å². The summed E-state index contributed by atoms with van der Waals surface area (Å²) in [4.78, 5) is 9.19. The van der Waals surface area contributed by atoms with Gasteiger partial charge in [-0.15, -0.1) is 5.10 Å². The van der Waals surface area contributed by atoms with Crippen molar-refractivity contribution in [2.75, 3.05) is 19.2 Å². The van der Waals surface area contributed by atoms with Crippen LogP contribution in [0.2, 0.25) is 0 Å². The van der Waals surface area contributed by atoms with Crippen molar-refractivity contribution in [2.45, 2.75) is 57.7 Å². The highest BCUT2D eigenvalue weighted by Crippen LogP contribution is 2.22. The van der Waals surface area contributed by atoms with Crippen LogP contribution in [0.15, 0.2) is 5.16 Å². The molecule has 0 unspecified atom stereocenters. The molecule has 1 atom stereocenters. The fourth-order valence-electron chi connectivity index (χ4n) is 2.77. The van der Waals surface area contributed by atoms with E-state index in [0.717, 1.165) is 41.7 Å². The molecule has 0 N–H and O–H groups in total. The molecule has 1 saturated heterocycles. The first-order valence-corrected chi connectivity index (χ1v) is 9.22. The molecule has 7 heteroatoms. The summed E-state index contributed by atoms with van der Waals surface area (Å²) in [6, 6.07) is 0. The van der Waals surface area contributed by atoms with Gasteiger partial charge in [0, 0.05) is 17.1 Å². The van der Waals surface area contributed by atoms with Crippen LogP contribution in [0.25, 0.3) is 5.78 Å². The molecule has 0 saturated carbocycles. The summed E-state index contributed by atoms with van der Waals surface area (Å²) in [5.41, 5.74) is 3.52. The number of aromatic nitrogens is 4. The van der Waals surface area contributed by atoms with Crippen molar-refractivity contribution < 1.29 is 9.47 Å². The van der Waals surface area contributed by atoms with Crippen molar-refractivity contribution in [1.82, 2.24) is 19.6 Å². The Bertz CT molecular complexity index is 668. The average molecular weight is 336 g/mol. The van der Waals surface area contributed by atoms with E-state index in [-0.39, 0.29) is 6.10 Å². The van der Waals surface area contributed by atoms with Crippen molar-refractivity contribution in [1.29, 1.82) is 0 Å². The van der Waals surface area contributed by atoms with Crippen LogP contribution in [0.3, 0.4) is 0 Å². The lowest BCUT2D eigenvalue weighted by atomic mass is 10.1. The molecule has 2 aromatic rings. The van der Waals surface area contributed by atoms with Gasteiger partial charge in [-0.1, -0.05) is 25.1 Å². The molecule has 3 heterocycles. The number of rotatable bonds is 6. The first kappa shape index (κ1) is 16.7. The molecule has 0 bridgehead atoms. The standard InChI is InChI=1S/C16H24N4O2S/c1-4-5-6-14-11(2)17-15-18-16(19-20(15)12(14)3)23-9-13-7-8-21-10-22-13/h13H,4-10H2,1-3H3/t13-/m1/s1. The lowest BCUT2D eigenvalue weighted by Gasteiger charge is -2.21. The first-order chi connectivity index (χ1) is 11.2. The van der Waals surface area contributed by atoms with Crippen LogP contribution >= 0.6 is 11.8 Å². The van der Waals surface area contributed by atoms with E-state index in [1.165, 1.54) is 18.4 Å². The summed E-state index contributed by atoms with van der Waals surface area (Å²) in [6.45, 7) is 7.54. The zero-order chi connectivity index (χ0) is 16.2. The summed E-state index contributed by atoms with van der Waals surface area (Å²) in [7, 11) is 0. The number of hydrogen-bond donors (Lipinski definition) is 0. The maximum absolute atomic E-state index is 5.56. The SMILES string of the molecule is CCCCc1c(C)nc2nc(SC[C@H]3CCOCO3)nn2c1C. The third kappa shape index (κ3) is 3.84. The summed E-state index contributed by atoms with van der Waals surface area (Å²) in [6.07, 6.45) is 4.55. The molecule has 1 aliphatic heterocycles. The van der Waals surface area contributed by atoms with E-state index in [9.17, 15) is 0 Å². The minimum Gasteiger partial charge on any atom is -0.355 e. The number of unbranched alkanes of at least 4 members (excludes halogenated alkanes) is 1. The number of nitrogens with zero attached hydrogens (tertiary/aromatic N) is 4. The third-order valence-electron chi connectivity index (χ3n) is 4.18. The van der Waals surface area contributed by atoms with Crippen LogP contribution in [0.5, 0.6) is 0 Å². The molecule has 3 rings (SSSR count). The van der Waals surface area contributed by atoms with Gasteiger partial charge in [-0.05, 0) is 38.7 Å². The Balaban J connectivity index is 1.76. The van der Waals surface area contributed by atoms with Crippen LogP contribution in [-0.4, -0.2) is 44.8 Å². The maximum atomic E-state index is 5.56. The quantitative estimate of drug-likeness (QED) is 0.756. The Hall–Kier alpha value is -1.18. The van der Waals surface area contributed by atoms with Gasteiger partial charge in [-0.2, -0.15) is 4.98 Å². The predicted molar refractivity (Wildman–Crippen MR) is 89.9 cm³/mol. The highest BCUT2D eigenvalue weighted by molar-refractivity contribution is 7.99. The molecular weight excluding hydrogens is 312 g/mol. The van der Waals surface area contributed by atoms with E-state index >= 15 is 0 Å². The molecule has 2 aromatic heterocycles. The van der Waals surface area contributed by atoms with Gasteiger partial charge >= 0.3 is 0 Å². The third-order valence-corrected chi connectivity index (χ3v) is 5.15. The largest absolute Gasteiger partial charge is 0.355 e. The van der Waals surface area contributed by atoms with Crippen molar-refractivity contribution in [3.05, 3.63) is 17.0 Å². The van der Waals surface area contributed by atoms with E-state index < -0.39 is 0 Å². The van der Waals surface area contributed by atoms with E-state index in [1.54, 1.807) is 11.8 Å². The summed E-state index contributed by atoms with van der Waals surface area (Å²) in [5.74, 6) is 1.54. The summed E-state index contributed by atoms with van der Waals surface area (Å²) < 4.78 is 12.6. The monoisotopic (exact) mass is 336 g/mol. The Morgan fingerprint density at radius 1 is 1.30 bits per heavy atom. The molecule has 0 amide bonds. The number of ether oxygens (including phenoxy) is 2. The van der Waals surface area contributed by atoms with E-state index in [2.05, 4.69) is 35.8 Å². The molecular formula is C16H24N4O2S. The van der Waals surface area contributed by atoms with Gasteiger partial charge in [0.05, 0.1) is 12.7 Å². The molecule has 126 valence electrons. The Kier molecular flexibility index (Phi) is 5.50. The number of thioether (sulfide) groups is 1. The number of aryl methyl sites for hydroxylation is 2. The van der Waals surface area contributed by atoms with Gasteiger partial charge in [-0.25, -0.2) is 9.50 Å². The summed E-state index contributed by atoms with van der Waals surface area (Å²) in [5, 5.41) is 5.39. The Labute approximate surface area is 141 Å².